The fraction of sp³-hybridized carbons (Fsp3) is 0.900. The second-order valence-electron chi connectivity index (χ2n) is 3.70. The van der Waals surface area contributed by atoms with E-state index in [-0.39, 0.29) is 11.4 Å². The molecule has 0 aliphatic rings. The fourth-order valence-electron chi connectivity index (χ4n) is 1.32. The van der Waals surface area contributed by atoms with Crippen LogP contribution in [-0.4, -0.2) is 11.4 Å². The molecule has 0 aromatic heterocycles. The first-order chi connectivity index (χ1) is 5.54. The Kier molecular flexibility index (Phi) is 4.95. The van der Waals surface area contributed by atoms with Gasteiger partial charge >= 0.3 is 0 Å². The molecule has 12 heavy (non-hydrogen) atoms. The van der Waals surface area contributed by atoms with Gasteiger partial charge < -0.3 is 5.32 Å². The van der Waals surface area contributed by atoms with E-state index in [4.69, 9.17) is 0 Å². The molecule has 1 N–H and O–H groups in total. The van der Waals surface area contributed by atoms with Crippen LogP contribution in [-0.2, 0) is 4.79 Å². The lowest BCUT2D eigenvalue weighted by Crippen LogP contribution is -2.44. The van der Waals surface area contributed by atoms with E-state index in [0.717, 1.165) is 12.8 Å². The van der Waals surface area contributed by atoms with E-state index in [1.807, 2.05) is 0 Å². The Hall–Kier alpha value is -0.530. The maximum Gasteiger partial charge on any atom is 0.217 e. The molecule has 0 spiro atoms. The number of hydrogen-bond acceptors (Lipinski definition) is 1. The van der Waals surface area contributed by atoms with Gasteiger partial charge in [0.2, 0.25) is 5.91 Å². The number of unbranched alkanes of at least 4 members (excludes halogenated alkanes) is 1. The van der Waals surface area contributed by atoms with Crippen LogP contribution in [0.25, 0.3) is 0 Å². The van der Waals surface area contributed by atoms with E-state index in [2.05, 4.69) is 26.1 Å². The fourth-order valence-corrected chi connectivity index (χ4v) is 1.32. The highest BCUT2D eigenvalue weighted by Crippen LogP contribution is 2.17. The molecule has 1 amide bonds. The predicted molar refractivity (Wildman–Crippen MR) is 52.0 cm³/mol. The largest absolute Gasteiger partial charge is 0.351 e. The molecule has 72 valence electrons. The molecular formula is C10H21NO. The summed E-state index contributed by atoms with van der Waals surface area (Å²) in [5.41, 5.74) is 0.0157. The lowest BCUT2D eigenvalue weighted by Gasteiger charge is -2.29. The van der Waals surface area contributed by atoms with Crippen LogP contribution in [0.5, 0.6) is 0 Å². The Balaban J connectivity index is 3.95. The van der Waals surface area contributed by atoms with Gasteiger partial charge in [-0.3, -0.25) is 4.79 Å². The molecule has 0 rings (SSSR count). The molecule has 0 aliphatic carbocycles. The number of nitrogens with one attached hydrogen (secondary N) is 1. The Morgan fingerprint density at radius 3 is 2.33 bits per heavy atom. The van der Waals surface area contributed by atoms with E-state index >= 15 is 0 Å². The van der Waals surface area contributed by atoms with Gasteiger partial charge in [-0.05, 0) is 19.8 Å². The second kappa shape index (κ2) is 5.18. The Morgan fingerprint density at radius 2 is 2.00 bits per heavy atom. The number of hydrogen-bond donors (Lipinski definition) is 1. The van der Waals surface area contributed by atoms with E-state index in [1.54, 1.807) is 6.92 Å². The number of rotatable bonds is 5. The first-order valence-electron chi connectivity index (χ1n) is 4.83. The molecule has 0 fully saturated rings. The van der Waals surface area contributed by atoms with Crippen molar-refractivity contribution in [2.75, 3.05) is 0 Å². The van der Waals surface area contributed by atoms with Crippen LogP contribution in [0.15, 0.2) is 0 Å². The molecule has 0 bridgehead atoms. The lowest BCUT2D eigenvalue weighted by molar-refractivity contribution is -0.120. The van der Waals surface area contributed by atoms with E-state index in [9.17, 15) is 4.79 Å². The summed E-state index contributed by atoms with van der Waals surface area (Å²) in [6.07, 6.45) is 4.46. The summed E-state index contributed by atoms with van der Waals surface area (Å²) in [5.74, 6) is 0.0791. The van der Waals surface area contributed by atoms with Gasteiger partial charge in [0.1, 0.15) is 0 Å². The average Bonchev–Trinajstić information content (AvgIpc) is 2.00. The minimum atomic E-state index is 0.0157. The monoisotopic (exact) mass is 171 g/mol. The Morgan fingerprint density at radius 1 is 1.42 bits per heavy atom. The third-order valence-electron chi connectivity index (χ3n) is 2.34. The molecule has 0 saturated heterocycles. The summed E-state index contributed by atoms with van der Waals surface area (Å²) in [6.45, 7) is 7.99. The van der Waals surface area contributed by atoms with Crippen LogP contribution >= 0.6 is 0 Å². The maximum atomic E-state index is 10.9. The highest BCUT2D eigenvalue weighted by Gasteiger charge is 2.21. The van der Waals surface area contributed by atoms with Crippen LogP contribution in [0.2, 0.25) is 0 Å². The van der Waals surface area contributed by atoms with Gasteiger partial charge in [-0.25, -0.2) is 0 Å². The Labute approximate surface area is 75.7 Å². The molecule has 0 aromatic rings. The first-order valence-corrected chi connectivity index (χ1v) is 4.83. The molecule has 0 saturated carbocycles. The van der Waals surface area contributed by atoms with Gasteiger partial charge in [0.05, 0.1) is 0 Å². The third kappa shape index (κ3) is 4.37. The summed E-state index contributed by atoms with van der Waals surface area (Å²) in [4.78, 5) is 10.9. The van der Waals surface area contributed by atoms with Crippen LogP contribution < -0.4 is 5.32 Å². The predicted octanol–water partition coefficient (Wildman–Crippen LogP) is 2.48. The van der Waals surface area contributed by atoms with Crippen molar-refractivity contribution in [3.63, 3.8) is 0 Å². The van der Waals surface area contributed by atoms with Gasteiger partial charge in [0.15, 0.2) is 0 Å². The van der Waals surface area contributed by atoms with Crippen LogP contribution in [0.4, 0.5) is 0 Å². The van der Waals surface area contributed by atoms with Crippen LogP contribution in [0, 0.1) is 0 Å². The third-order valence-corrected chi connectivity index (χ3v) is 2.34. The standard InChI is InChI=1S/C10H21NO/c1-5-7-8-10(4,6-2)11-9(3)12/h5-8H2,1-4H3,(H,11,12). The van der Waals surface area contributed by atoms with E-state index in [1.165, 1.54) is 12.8 Å². The van der Waals surface area contributed by atoms with Crippen molar-refractivity contribution in [1.82, 2.24) is 5.32 Å². The number of carbonyl (C=O) groups excluding carboxylic acids is 1. The highest BCUT2D eigenvalue weighted by molar-refractivity contribution is 5.73. The highest BCUT2D eigenvalue weighted by atomic mass is 16.1. The smallest absolute Gasteiger partial charge is 0.217 e. The van der Waals surface area contributed by atoms with Crippen molar-refractivity contribution in [2.24, 2.45) is 0 Å². The molecule has 0 radical (unpaired) electrons. The second-order valence-corrected chi connectivity index (χ2v) is 3.70. The van der Waals surface area contributed by atoms with Crippen molar-refractivity contribution in [2.45, 2.75) is 58.9 Å². The molecule has 0 aliphatic heterocycles. The summed E-state index contributed by atoms with van der Waals surface area (Å²) >= 11 is 0. The summed E-state index contributed by atoms with van der Waals surface area (Å²) in [6, 6.07) is 0. The van der Waals surface area contributed by atoms with Crippen molar-refractivity contribution in [3.8, 4) is 0 Å². The first kappa shape index (κ1) is 11.5. The van der Waals surface area contributed by atoms with Crippen LogP contribution in [0.3, 0.4) is 0 Å². The zero-order chi connectivity index (χ0) is 9.61. The molecule has 0 heterocycles. The average molecular weight is 171 g/mol. The Bertz CT molecular complexity index is 145. The van der Waals surface area contributed by atoms with Crippen LogP contribution in [0.1, 0.15) is 53.4 Å². The molecule has 0 aromatic carbocycles. The normalized spacial score (nSPS) is 15.3. The summed E-state index contributed by atoms with van der Waals surface area (Å²) in [7, 11) is 0. The molecule has 1 atom stereocenters. The van der Waals surface area contributed by atoms with E-state index < -0.39 is 0 Å². The minimum Gasteiger partial charge on any atom is -0.351 e. The molecule has 2 nitrogen and oxygen atoms in total. The topological polar surface area (TPSA) is 29.1 Å². The minimum absolute atomic E-state index is 0.0157. The van der Waals surface area contributed by atoms with Gasteiger partial charge in [-0.2, -0.15) is 0 Å². The lowest BCUT2D eigenvalue weighted by atomic mass is 9.92. The van der Waals surface area contributed by atoms with Gasteiger partial charge in [0, 0.05) is 12.5 Å². The summed E-state index contributed by atoms with van der Waals surface area (Å²) < 4.78 is 0. The zero-order valence-corrected chi connectivity index (χ0v) is 8.74. The number of amides is 1. The molecule has 2 heteroatoms. The van der Waals surface area contributed by atoms with E-state index in [0.29, 0.717) is 0 Å². The van der Waals surface area contributed by atoms with Crippen molar-refractivity contribution >= 4 is 5.91 Å². The summed E-state index contributed by atoms with van der Waals surface area (Å²) in [5, 5.41) is 3.00. The molecular weight excluding hydrogens is 150 g/mol. The SMILES string of the molecule is CCCCC(C)(CC)NC(C)=O. The quantitative estimate of drug-likeness (QED) is 0.676. The van der Waals surface area contributed by atoms with Gasteiger partial charge in [-0.15, -0.1) is 0 Å². The van der Waals surface area contributed by atoms with Crippen molar-refractivity contribution in [3.05, 3.63) is 0 Å². The van der Waals surface area contributed by atoms with Gasteiger partial charge in [-0.1, -0.05) is 26.7 Å². The van der Waals surface area contributed by atoms with Crippen molar-refractivity contribution in [1.29, 1.82) is 0 Å². The number of carbonyl (C=O) groups is 1. The molecule has 1 unspecified atom stereocenters. The van der Waals surface area contributed by atoms with Gasteiger partial charge in [0.25, 0.3) is 0 Å². The zero-order valence-electron chi connectivity index (χ0n) is 8.74. The maximum absolute atomic E-state index is 10.9. The van der Waals surface area contributed by atoms with Crippen molar-refractivity contribution < 1.29 is 4.79 Å².